The van der Waals surface area contributed by atoms with Crippen molar-refractivity contribution in [3.05, 3.63) is 11.8 Å². The quantitative estimate of drug-likeness (QED) is 0.831. The summed E-state index contributed by atoms with van der Waals surface area (Å²) in [7, 11) is 0. The first-order chi connectivity index (χ1) is 11.0. The first kappa shape index (κ1) is 16.0. The van der Waals surface area contributed by atoms with E-state index < -0.39 is 0 Å². The van der Waals surface area contributed by atoms with Crippen LogP contribution in [0.1, 0.15) is 32.4 Å². The zero-order valence-electron chi connectivity index (χ0n) is 14.5. The van der Waals surface area contributed by atoms with Crippen LogP contribution in [0.15, 0.2) is 6.07 Å². The fourth-order valence-electron chi connectivity index (χ4n) is 3.46. The number of piperazine rings is 1. The Labute approximate surface area is 138 Å². The van der Waals surface area contributed by atoms with Crippen molar-refractivity contribution in [2.45, 2.75) is 33.6 Å². The molecule has 1 aromatic rings. The third-order valence-corrected chi connectivity index (χ3v) is 4.82. The molecular formula is C17H27N5O. The number of amides is 1. The van der Waals surface area contributed by atoms with Crippen molar-refractivity contribution in [3.8, 4) is 0 Å². The van der Waals surface area contributed by atoms with E-state index in [2.05, 4.69) is 27.8 Å². The molecule has 2 aliphatic rings. The van der Waals surface area contributed by atoms with Crippen LogP contribution in [0.5, 0.6) is 0 Å². The number of rotatable bonds is 2. The second-order valence-electron chi connectivity index (χ2n) is 6.85. The minimum atomic E-state index is 0.151. The SMILES string of the molecule is CC(=O)N1CCN(c2nc(C)cc(N3CCCC(C)C3)n2)CC1. The zero-order chi connectivity index (χ0) is 16.4. The Bertz CT molecular complexity index is 568. The number of piperidine rings is 1. The highest BCUT2D eigenvalue weighted by atomic mass is 16.2. The Morgan fingerprint density at radius 1 is 1.13 bits per heavy atom. The van der Waals surface area contributed by atoms with Gasteiger partial charge in [0.05, 0.1) is 0 Å². The molecule has 3 rings (SSSR count). The Kier molecular flexibility index (Phi) is 4.68. The standard InChI is InChI=1S/C17H27N5O/c1-13-5-4-6-22(12-13)16-11-14(2)18-17(19-16)21-9-7-20(8-10-21)15(3)23/h11,13H,4-10,12H2,1-3H3. The van der Waals surface area contributed by atoms with Crippen LogP contribution >= 0.6 is 0 Å². The van der Waals surface area contributed by atoms with Gasteiger partial charge in [0.2, 0.25) is 11.9 Å². The maximum Gasteiger partial charge on any atom is 0.227 e. The summed E-state index contributed by atoms with van der Waals surface area (Å²) in [5, 5.41) is 0. The summed E-state index contributed by atoms with van der Waals surface area (Å²) in [5.74, 6) is 2.73. The van der Waals surface area contributed by atoms with E-state index in [1.165, 1.54) is 12.8 Å². The highest BCUT2D eigenvalue weighted by Crippen LogP contribution is 2.24. The van der Waals surface area contributed by atoms with Gasteiger partial charge in [-0.2, -0.15) is 4.98 Å². The van der Waals surface area contributed by atoms with Gasteiger partial charge in [-0.15, -0.1) is 0 Å². The summed E-state index contributed by atoms with van der Waals surface area (Å²) in [5.41, 5.74) is 1.01. The molecular weight excluding hydrogens is 290 g/mol. The van der Waals surface area contributed by atoms with Gasteiger partial charge in [0.25, 0.3) is 0 Å². The second kappa shape index (κ2) is 6.72. The molecule has 6 heteroatoms. The number of anilines is 2. The average Bonchev–Trinajstić information content (AvgIpc) is 2.54. The minimum Gasteiger partial charge on any atom is -0.356 e. The van der Waals surface area contributed by atoms with E-state index in [1.54, 1.807) is 6.92 Å². The van der Waals surface area contributed by atoms with Crippen LogP contribution in [0.3, 0.4) is 0 Å². The summed E-state index contributed by atoms with van der Waals surface area (Å²) in [6.07, 6.45) is 2.54. The highest BCUT2D eigenvalue weighted by molar-refractivity contribution is 5.73. The summed E-state index contributed by atoms with van der Waals surface area (Å²) < 4.78 is 0. The normalized spacial score (nSPS) is 22.4. The van der Waals surface area contributed by atoms with Crippen LogP contribution in [-0.2, 0) is 4.79 Å². The van der Waals surface area contributed by atoms with E-state index in [9.17, 15) is 4.79 Å². The van der Waals surface area contributed by atoms with Crippen LogP contribution in [0.25, 0.3) is 0 Å². The summed E-state index contributed by atoms with van der Waals surface area (Å²) in [6.45, 7) is 11.2. The van der Waals surface area contributed by atoms with E-state index in [4.69, 9.17) is 4.98 Å². The van der Waals surface area contributed by atoms with Crippen LogP contribution in [0.4, 0.5) is 11.8 Å². The van der Waals surface area contributed by atoms with Crippen molar-refractivity contribution in [1.82, 2.24) is 14.9 Å². The predicted octanol–water partition coefficient (Wildman–Crippen LogP) is 1.69. The van der Waals surface area contributed by atoms with Crippen LogP contribution in [0.2, 0.25) is 0 Å². The number of carbonyl (C=O) groups excluding carboxylic acids is 1. The minimum absolute atomic E-state index is 0.151. The Balaban J connectivity index is 1.74. The first-order valence-electron chi connectivity index (χ1n) is 8.64. The van der Waals surface area contributed by atoms with Gasteiger partial charge in [-0.1, -0.05) is 6.92 Å². The van der Waals surface area contributed by atoms with Gasteiger partial charge in [-0.3, -0.25) is 4.79 Å². The molecule has 126 valence electrons. The maximum atomic E-state index is 11.5. The molecule has 0 saturated carbocycles. The van der Waals surface area contributed by atoms with Crippen molar-refractivity contribution >= 4 is 17.7 Å². The lowest BCUT2D eigenvalue weighted by molar-refractivity contribution is -0.129. The van der Waals surface area contributed by atoms with Gasteiger partial charge in [0.15, 0.2) is 0 Å². The topological polar surface area (TPSA) is 52.6 Å². The van der Waals surface area contributed by atoms with Crippen molar-refractivity contribution < 1.29 is 4.79 Å². The Morgan fingerprint density at radius 2 is 1.87 bits per heavy atom. The molecule has 0 radical (unpaired) electrons. The molecule has 0 bridgehead atoms. The summed E-state index contributed by atoms with van der Waals surface area (Å²) in [6, 6.07) is 2.09. The third-order valence-electron chi connectivity index (χ3n) is 4.82. The molecule has 2 saturated heterocycles. The summed E-state index contributed by atoms with van der Waals surface area (Å²) >= 11 is 0. The van der Waals surface area contributed by atoms with Gasteiger partial charge < -0.3 is 14.7 Å². The van der Waals surface area contributed by atoms with E-state index in [1.807, 2.05) is 11.8 Å². The molecule has 23 heavy (non-hydrogen) atoms. The number of aromatic nitrogens is 2. The van der Waals surface area contributed by atoms with Crippen molar-refractivity contribution in [2.75, 3.05) is 49.1 Å². The highest BCUT2D eigenvalue weighted by Gasteiger charge is 2.23. The van der Waals surface area contributed by atoms with Crippen LogP contribution in [0, 0.1) is 12.8 Å². The number of aryl methyl sites for hydroxylation is 1. The molecule has 1 aromatic heterocycles. The molecule has 6 nitrogen and oxygen atoms in total. The van der Waals surface area contributed by atoms with Gasteiger partial charge in [-0.05, 0) is 25.7 Å². The first-order valence-corrected chi connectivity index (χ1v) is 8.64. The van der Waals surface area contributed by atoms with Crippen molar-refractivity contribution in [1.29, 1.82) is 0 Å². The van der Waals surface area contributed by atoms with E-state index >= 15 is 0 Å². The van der Waals surface area contributed by atoms with Crippen molar-refractivity contribution in [3.63, 3.8) is 0 Å². The van der Waals surface area contributed by atoms with E-state index in [0.717, 1.165) is 62.6 Å². The molecule has 2 fully saturated rings. The fraction of sp³-hybridized carbons (Fsp3) is 0.706. The molecule has 0 aromatic carbocycles. The zero-order valence-corrected chi connectivity index (χ0v) is 14.5. The van der Waals surface area contributed by atoms with Gasteiger partial charge in [0, 0.05) is 58.0 Å². The smallest absolute Gasteiger partial charge is 0.227 e. The second-order valence-corrected chi connectivity index (χ2v) is 6.85. The van der Waals surface area contributed by atoms with Gasteiger partial charge >= 0.3 is 0 Å². The van der Waals surface area contributed by atoms with E-state index in [-0.39, 0.29) is 5.91 Å². The number of carbonyl (C=O) groups is 1. The fourth-order valence-corrected chi connectivity index (χ4v) is 3.46. The Hall–Kier alpha value is -1.85. The molecule has 0 N–H and O–H groups in total. The lowest BCUT2D eigenvalue weighted by atomic mass is 10.0. The number of nitrogens with zero attached hydrogens (tertiary/aromatic N) is 5. The van der Waals surface area contributed by atoms with Gasteiger partial charge in [-0.25, -0.2) is 4.98 Å². The molecule has 1 unspecified atom stereocenters. The van der Waals surface area contributed by atoms with Crippen LogP contribution in [-0.4, -0.2) is 60.0 Å². The molecule has 1 amide bonds. The average molecular weight is 317 g/mol. The monoisotopic (exact) mass is 317 g/mol. The number of hydrogen-bond donors (Lipinski definition) is 0. The molecule has 3 heterocycles. The van der Waals surface area contributed by atoms with E-state index in [0.29, 0.717) is 0 Å². The largest absolute Gasteiger partial charge is 0.356 e. The number of hydrogen-bond acceptors (Lipinski definition) is 5. The summed E-state index contributed by atoms with van der Waals surface area (Å²) in [4.78, 5) is 27.4. The maximum absolute atomic E-state index is 11.5. The molecule has 0 aliphatic carbocycles. The molecule has 2 aliphatic heterocycles. The lowest BCUT2D eigenvalue weighted by Gasteiger charge is -2.35. The predicted molar refractivity (Wildman–Crippen MR) is 91.8 cm³/mol. The molecule has 0 spiro atoms. The van der Waals surface area contributed by atoms with Crippen LogP contribution < -0.4 is 9.80 Å². The third kappa shape index (κ3) is 3.74. The Morgan fingerprint density at radius 3 is 2.52 bits per heavy atom. The lowest BCUT2D eigenvalue weighted by Crippen LogP contribution is -2.48. The molecule has 1 atom stereocenters. The van der Waals surface area contributed by atoms with Gasteiger partial charge in [0.1, 0.15) is 5.82 Å². The van der Waals surface area contributed by atoms with Crippen molar-refractivity contribution in [2.24, 2.45) is 5.92 Å².